The van der Waals surface area contributed by atoms with E-state index in [-0.39, 0.29) is 12.0 Å². The van der Waals surface area contributed by atoms with Crippen LogP contribution in [0.15, 0.2) is 111 Å². The van der Waals surface area contributed by atoms with Crippen molar-refractivity contribution < 1.29 is 23.9 Å². The van der Waals surface area contributed by atoms with Crippen molar-refractivity contribution in [1.82, 2.24) is 10.6 Å². The van der Waals surface area contributed by atoms with Gasteiger partial charge in [0.25, 0.3) is 11.8 Å². The molecule has 1 rings (SSSR count). The Morgan fingerprint density at radius 3 is 1.90 bits per heavy atom. The van der Waals surface area contributed by atoms with Crippen LogP contribution in [0.1, 0.15) is 58.8 Å². The number of nitrogens with one attached hydrogen (secondary N) is 2. The van der Waals surface area contributed by atoms with Crippen LogP contribution in [-0.4, -0.2) is 36.5 Å². The molecule has 0 radical (unpaired) electrons. The average Bonchev–Trinajstić information content (AvgIpc) is 2.98. The van der Waals surface area contributed by atoms with Crippen LogP contribution in [0, 0.1) is 0 Å². The lowest BCUT2D eigenvalue weighted by atomic mass is 10.0. The van der Waals surface area contributed by atoms with E-state index in [1.807, 2.05) is 12.2 Å². The summed E-state index contributed by atoms with van der Waals surface area (Å²) in [5, 5.41) is 5.00. The number of amides is 2. The van der Waals surface area contributed by atoms with Gasteiger partial charge in [-0.1, -0.05) is 61.8 Å². The van der Waals surface area contributed by atoms with Crippen molar-refractivity contribution in [2.24, 2.45) is 0 Å². The summed E-state index contributed by atoms with van der Waals surface area (Å²) in [4.78, 5) is 48.0. The number of carbonyl (C=O) groups excluding carboxylic acids is 4. The summed E-state index contributed by atoms with van der Waals surface area (Å²) in [6, 6.07) is 0. The monoisotopic (exact) mass is 548 g/mol. The van der Waals surface area contributed by atoms with Crippen LogP contribution in [0.4, 0.5) is 0 Å². The Hall–Kier alpha value is -5.38. The van der Waals surface area contributed by atoms with Gasteiger partial charge in [0.15, 0.2) is 0 Å². The van der Waals surface area contributed by atoms with E-state index in [2.05, 4.69) is 81.8 Å². The minimum absolute atomic E-state index is 0.0630. The maximum Gasteiger partial charge on any atom is 0.334 e. The largest absolute Gasteiger partial charge is 0.458 e. The quantitative estimate of drug-likeness (QED) is 0.0862. The molecule has 0 spiro atoms. The predicted molar refractivity (Wildman–Crippen MR) is 155 cm³/mol. The van der Waals surface area contributed by atoms with Gasteiger partial charge in [-0.25, -0.2) is 9.59 Å². The van der Waals surface area contributed by atoms with Crippen LogP contribution >= 0.6 is 0 Å². The van der Waals surface area contributed by atoms with Gasteiger partial charge in [0, 0.05) is 17.6 Å². The molecule has 0 heterocycles. The molecule has 208 valence electrons. The highest BCUT2D eigenvalue weighted by atomic mass is 16.5. The molecule has 0 bridgehead atoms. The maximum atomic E-state index is 12.4. The second-order valence-corrected chi connectivity index (χ2v) is 8.33. The molecule has 2 amide bonds. The fraction of sp³-hybridized carbons (Fsp3) is 0.324. The van der Waals surface area contributed by atoms with Gasteiger partial charge in [0.2, 0.25) is 0 Å². The van der Waals surface area contributed by atoms with Gasteiger partial charge in [0.1, 0.15) is 18.7 Å². The minimum atomic E-state index is -1.10. The zero-order chi connectivity index (χ0) is 30.0. The number of rotatable bonds is 13. The highest BCUT2D eigenvalue weighted by Crippen LogP contribution is 2.16. The second kappa shape index (κ2) is 22.6. The molecule has 0 aromatic heterocycles. The fourth-order valence-corrected chi connectivity index (χ4v) is 2.88. The van der Waals surface area contributed by atoms with E-state index in [9.17, 15) is 19.2 Å². The van der Waals surface area contributed by atoms with E-state index >= 15 is 0 Å². The summed E-state index contributed by atoms with van der Waals surface area (Å²) in [5.41, 5.74) is 26.5. The van der Waals surface area contributed by atoms with Crippen LogP contribution in [0.5, 0.6) is 0 Å². The Bertz CT molecular complexity index is 1420. The van der Waals surface area contributed by atoms with Crippen molar-refractivity contribution in [2.75, 3.05) is 6.61 Å². The molecule has 0 aromatic rings. The molecule has 0 saturated heterocycles. The smallest absolute Gasteiger partial charge is 0.334 e. The summed E-state index contributed by atoms with van der Waals surface area (Å²) in [7, 11) is 0. The van der Waals surface area contributed by atoms with Crippen LogP contribution in [-0.2, 0) is 23.9 Å². The van der Waals surface area contributed by atoms with Crippen molar-refractivity contribution in [1.29, 1.82) is 0 Å². The van der Waals surface area contributed by atoms with Gasteiger partial charge in [-0.2, -0.15) is 0 Å². The number of hydrogen-bond donors (Lipinski definition) is 2. The van der Waals surface area contributed by atoms with E-state index in [1.54, 1.807) is 5.94 Å². The zero-order valence-electron chi connectivity index (χ0n) is 23.3. The number of ether oxygens (including phenoxy) is 1. The molecule has 0 fully saturated rings. The molecule has 41 heavy (non-hydrogen) atoms. The fourth-order valence-electron chi connectivity index (χ4n) is 2.88. The molecule has 2 N–H and O–H groups in total. The van der Waals surface area contributed by atoms with Crippen molar-refractivity contribution in [3.8, 4) is 0 Å². The topological polar surface area (TPSA) is 102 Å². The van der Waals surface area contributed by atoms with Crippen molar-refractivity contribution in [3.63, 3.8) is 0 Å². The molecule has 7 heteroatoms. The summed E-state index contributed by atoms with van der Waals surface area (Å²) < 4.78 is 5.25. The first-order valence-electron chi connectivity index (χ1n) is 13.2. The van der Waals surface area contributed by atoms with Gasteiger partial charge >= 0.3 is 5.97 Å². The van der Waals surface area contributed by atoms with Crippen LogP contribution in [0.2, 0.25) is 0 Å². The van der Waals surface area contributed by atoms with E-state index in [0.717, 1.165) is 50.7 Å². The first-order chi connectivity index (χ1) is 20.0. The molecule has 0 atom stereocenters. The lowest BCUT2D eigenvalue weighted by molar-refractivity contribution is -0.141. The number of allylic oxidation sites excluding steroid dienone is 6. The average molecular weight is 549 g/mol. The zero-order valence-corrected chi connectivity index (χ0v) is 23.3. The first-order valence-corrected chi connectivity index (χ1v) is 13.2. The molecule has 1 aliphatic rings. The van der Waals surface area contributed by atoms with Crippen molar-refractivity contribution in [2.45, 2.75) is 65.0 Å². The lowest BCUT2D eigenvalue weighted by Crippen LogP contribution is -2.50. The standard InChI is InChI=1S/C34H32N2O5/c1-3-5-7-9-11-13-15-17-19-24-32(38)35-31(28-41-34(40)30-23-21-22-29(26-30)27-37)36-33(39)25-20-18-16-14-12-10-8-6-4-2/h9-10,21-25,31H,3-8,26,28H2,1-2H3,(H,35,38)(H,36,39). The number of carbonyl (C=O) groups is 3. The number of esters is 1. The molecule has 0 saturated carbocycles. The Balaban J connectivity index is 2.99. The Morgan fingerprint density at radius 1 is 0.854 bits per heavy atom. The number of unbranched alkanes of at least 4 members (excludes halogenated alkanes) is 4. The van der Waals surface area contributed by atoms with Gasteiger partial charge in [0.05, 0.1) is 12.2 Å². The molecule has 1 aliphatic carbocycles. The Kier molecular flexibility index (Phi) is 18.5. The highest BCUT2D eigenvalue weighted by molar-refractivity contribution is 5.91. The highest BCUT2D eigenvalue weighted by Gasteiger charge is 2.19. The second-order valence-electron chi connectivity index (χ2n) is 8.33. The van der Waals surface area contributed by atoms with E-state index < -0.39 is 30.6 Å². The van der Waals surface area contributed by atoms with Crippen LogP contribution in [0.25, 0.3) is 0 Å². The lowest BCUT2D eigenvalue weighted by Gasteiger charge is -2.19. The van der Waals surface area contributed by atoms with Crippen molar-refractivity contribution in [3.05, 3.63) is 111 Å². The normalized spacial score (nSPS) is 11.0. The van der Waals surface area contributed by atoms with Crippen LogP contribution in [0.3, 0.4) is 0 Å². The van der Waals surface area contributed by atoms with Crippen molar-refractivity contribution >= 4 is 23.7 Å². The predicted octanol–water partition coefficient (Wildman–Crippen LogP) is 4.78. The molecule has 0 aromatic carbocycles. The van der Waals surface area contributed by atoms with E-state index in [0.29, 0.717) is 5.57 Å². The summed E-state index contributed by atoms with van der Waals surface area (Å²) in [6.45, 7) is 3.79. The molecule has 7 nitrogen and oxygen atoms in total. The maximum absolute atomic E-state index is 12.4. The van der Waals surface area contributed by atoms with Crippen LogP contribution < -0.4 is 10.6 Å². The van der Waals surface area contributed by atoms with Gasteiger partial charge < -0.3 is 15.4 Å². The molecular formula is C34H32N2O5. The number of hydrogen-bond acceptors (Lipinski definition) is 5. The molecule has 0 aliphatic heterocycles. The Morgan fingerprint density at radius 2 is 1.39 bits per heavy atom. The SMILES string of the molecule is CCCCC=C=C=C=C=C=CC(=O)NC(COC(=O)C1=CC=CC(=C=O)C1)NC(=O)C=C=C=C=C=C=CCCCC. The third-order valence-corrected chi connectivity index (χ3v) is 4.94. The Labute approximate surface area is 240 Å². The first kappa shape index (κ1) is 33.6. The minimum Gasteiger partial charge on any atom is -0.458 e. The van der Waals surface area contributed by atoms with Gasteiger partial charge in [-0.15, -0.1) is 0 Å². The summed E-state index contributed by atoms with van der Waals surface area (Å²) >= 11 is 0. The molecule has 0 unspecified atom stereocenters. The van der Waals surface area contributed by atoms with E-state index in [1.165, 1.54) is 18.2 Å². The third-order valence-electron chi connectivity index (χ3n) is 4.94. The summed E-state index contributed by atoms with van der Waals surface area (Å²) in [5.74, 6) is -0.247. The van der Waals surface area contributed by atoms with Gasteiger partial charge in [-0.3, -0.25) is 9.59 Å². The third kappa shape index (κ3) is 17.7. The molecular weight excluding hydrogens is 516 g/mol. The van der Waals surface area contributed by atoms with E-state index in [4.69, 9.17) is 4.74 Å². The summed E-state index contributed by atoms with van der Waals surface area (Å²) in [6.07, 6.45) is 15.3. The van der Waals surface area contributed by atoms with Gasteiger partial charge in [-0.05, 0) is 78.3 Å².